The summed E-state index contributed by atoms with van der Waals surface area (Å²) < 4.78 is 0. The Hall–Kier alpha value is -1.36. The molecule has 120 valence electrons. The van der Waals surface area contributed by atoms with Crippen molar-refractivity contribution in [1.29, 1.82) is 0 Å². The van der Waals surface area contributed by atoms with Gasteiger partial charge in [-0.25, -0.2) is 0 Å². The minimum atomic E-state index is 0.0679. The van der Waals surface area contributed by atoms with Gasteiger partial charge in [0.1, 0.15) is 0 Å². The molecule has 0 saturated carbocycles. The van der Waals surface area contributed by atoms with Gasteiger partial charge in [-0.2, -0.15) is 0 Å². The van der Waals surface area contributed by atoms with Crippen LogP contribution in [-0.4, -0.2) is 48.8 Å². The fourth-order valence-electron chi connectivity index (χ4n) is 3.43. The lowest BCUT2D eigenvalue weighted by Crippen LogP contribution is -2.41. The van der Waals surface area contributed by atoms with Gasteiger partial charge in [0.25, 0.3) is 5.91 Å². The molecule has 0 spiro atoms. The molecule has 0 bridgehead atoms. The van der Waals surface area contributed by atoms with E-state index in [1.807, 2.05) is 6.07 Å². The summed E-state index contributed by atoms with van der Waals surface area (Å²) in [6.45, 7) is 1.85. The summed E-state index contributed by atoms with van der Waals surface area (Å²) in [5.41, 5.74) is 1.22. The van der Waals surface area contributed by atoms with Crippen molar-refractivity contribution < 1.29 is 9.59 Å². The van der Waals surface area contributed by atoms with Gasteiger partial charge >= 0.3 is 0 Å². The predicted molar refractivity (Wildman–Crippen MR) is 88.3 cm³/mol. The van der Waals surface area contributed by atoms with E-state index in [0.717, 1.165) is 50.1 Å². The summed E-state index contributed by atoms with van der Waals surface area (Å²) in [6.07, 6.45) is 6.21. The summed E-state index contributed by atoms with van der Waals surface area (Å²) >= 11 is 1.60. The highest BCUT2D eigenvalue weighted by Gasteiger charge is 2.30. The van der Waals surface area contributed by atoms with Crippen LogP contribution in [0.5, 0.6) is 0 Å². The molecule has 1 aromatic rings. The fraction of sp³-hybridized carbons (Fsp3) is 0.647. The molecule has 3 rings (SSSR count). The van der Waals surface area contributed by atoms with Crippen LogP contribution in [0.3, 0.4) is 0 Å². The molecule has 2 aliphatic rings. The van der Waals surface area contributed by atoms with E-state index in [2.05, 4.69) is 4.90 Å². The Balaban J connectivity index is 1.70. The summed E-state index contributed by atoms with van der Waals surface area (Å²) in [7, 11) is 3.56. The second kappa shape index (κ2) is 6.41. The van der Waals surface area contributed by atoms with Crippen molar-refractivity contribution in [1.82, 2.24) is 9.80 Å². The normalized spacial score (nSPS) is 21.4. The van der Waals surface area contributed by atoms with E-state index < -0.39 is 0 Å². The van der Waals surface area contributed by atoms with Crippen molar-refractivity contribution in [3.05, 3.63) is 21.4 Å². The van der Waals surface area contributed by atoms with Crippen LogP contribution in [0, 0.1) is 5.92 Å². The van der Waals surface area contributed by atoms with Crippen molar-refractivity contribution >= 4 is 23.2 Å². The van der Waals surface area contributed by atoms with Crippen molar-refractivity contribution in [2.75, 3.05) is 27.2 Å². The Kier molecular flexibility index (Phi) is 4.52. The average molecular weight is 320 g/mol. The van der Waals surface area contributed by atoms with Gasteiger partial charge in [-0.1, -0.05) is 0 Å². The Labute approximate surface area is 136 Å². The maximum absolute atomic E-state index is 12.7. The molecule has 1 fully saturated rings. The number of thiophene rings is 1. The second-order valence-electron chi connectivity index (χ2n) is 6.58. The predicted octanol–water partition coefficient (Wildman–Crippen LogP) is 2.57. The number of amides is 2. The van der Waals surface area contributed by atoms with Gasteiger partial charge in [0, 0.05) is 38.0 Å². The van der Waals surface area contributed by atoms with Crippen LogP contribution in [0.25, 0.3) is 0 Å². The zero-order valence-corrected chi connectivity index (χ0v) is 14.2. The monoisotopic (exact) mass is 320 g/mol. The number of rotatable bonds is 2. The maximum atomic E-state index is 12.7. The van der Waals surface area contributed by atoms with Crippen molar-refractivity contribution in [2.24, 2.45) is 5.92 Å². The first-order valence-corrected chi connectivity index (χ1v) is 9.00. The molecule has 5 heteroatoms. The first-order valence-electron chi connectivity index (χ1n) is 8.18. The van der Waals surface area contributed by atoms with Crippen LogP contribution >= 0.6 is 11.3 Å². The molecule has 2 heterocycles. The highest BCUT2D eigenvalue weighted by Crippen LogP contribution is 2.34. The van der Waals surface area contributed by atoms with E-state index in [0.29, 0.717) is 5.91 Å². The van der Waals surface area contributed by atoms with E-state index in [9.17, 15) is 9.59 Å². The minimum Gasteiger partial charge on any atom is -0.344 e. The van der Waals surface area contributed by atoms with Gasteiger partial charge in [-0.15, -0.1) is 11.3 Å². The van der Waals surface area contributed by atoms with Crippen LogP contribution < -0.4 is 0 Å². The molecule has 1 unspecified atom stereocenters. The summed E-state index contributed by atoms with van der Waals surface area (Å²) in [4.78, 5) is 30.5. The number of hydrogen-bond acceptors (Lipinski definition) is 3. The van der Waals surface area contributed by atoms with Crippen LogP contribution in [0.15, 0.2) is 6.07 Å². The number of nitrogens with zero attached hydrogens (tertiary/aromatic N) is 2. The van der Waals surface area contributed by atoms with Crippen LogP contribution in [0.1, 0.15) is 45.8 Å². The topological polar surface area (TPSA) is 40.6 Å². The number of likely N-dealkylation sites (tertiary alicyclic amines) is 1. The SMILES string of the molecule is CN(C)C(=O)c1cc2c(s1)CCC(C(=O)N1CCCCC1)C2. The zero-order chi connectivity index (χ0) is 15.7. The lowest BCUT2D eigenvalue weighted by molar-refractivity contribution is -0.136. The Bertz CT molecular complexity index is 573. The molecule has 1 atom stereocenters. The first kappa shape index (κ1) is 15.5. The van der Waals surface area contributed by atoms with Gasteiger partial charge in [0.15, 0.2) is 0 Å². The molecule has 1 aliphatic carbocycles. The molecule has 0 radical (unpaired) electrons. The van der Waals surface area contributed by atoms with Crippen molar-refractivity contribution in [2.45, 2.75) is 38.5 Å². The summed E-state index contributed by atoms with van der Waals surface area (Å²) in [5, 5.41) is 0. The average Bonchev–Trinajstić information content (AvgIpc) is 2.97. The summed E-state index contributed by atoms with van der Waals surface area (Å²) in [5.74, 6) is 0.512. The number of carbonyl (C=O) groups excluding carboxylic acids is 2. The van der Waals surface area contributed by atoms with E-state index in [-0.39, 0.29) is 11.8 Å². The fourth-order valence-corrected chi connectivity index (χ4v) is 4.66. The van der Waals surface area contributed by atoms with Gasteiger partial charge < -0.3 is 9.80 Å². The lowest BCUT2D eigenvalue weighted by atomic mass is 9.87. The van der Waals surface area contributed by atoms with Crippen molar-refractivity contribution in [3.63, 3.8) is 0 Å². The largest absolute Gasteiger partial charge is 0.344 e. The number of hydrogen-bond donors (Lipinski definition) is 0. The van der Waals surface area contributed by atoms with Crippen LogP contribution in [-0.2, 0) is 17.6 Å². The number of carbonyl (C=O) groups is 2. The van der Waals surface area contributed by atoms with E-state index in [1.165, 1.54) is 16.9 Å². The third-order valence-corrected chi connectivity index (χ3v) is 5.94. The van der Waals surface area contributed by atoms with Gasteiger partial charge in [-0.3, -0.25) is 9.59 Å². The van der Waals surface area contributed by atoms with Crippen LogP contribution in [0.4, 0.5) is 0 Å². The third-order valence-electron chi connectivity index (χ3n) is 4.72. The van der Waals surface area contributed by atoms with Gasteiger partial charge in [0.05, 0.1) is 4.88 Å². The maximum Gasteiger partial charge on any atom is 0.263 e. The highest BCUT2D eigenvalue weighted by molar-refractivity contribution is 7.14. The number of fused-ring (bicyclic) bond motifs is 1. The lowest BCUT2D eigenvalue weighted by Gasteiger charge is -2.31. The molecule has 22 heavy (non-hydrogen) atoms. The molecule has 1 aromatic heterocycles. The second-order valence-corrected chi connectivity index (χ2v) is 7.72. The van der Waals surface area contributed by atoms with E-state index in [4.69, 9.17) is 0 Å². The Morgan fingerprint density at radius 1 is 1.23 bits per heavy atom. The molecule has 0 aromatic carbocycles. The van der Waals surface area contributed by atoms with E-state index >= 15 is 0 Å². The number of piperidine rings is 1. The van der Waals surface area contributed by atoms with Gasteiger partial charge in [-0.05, 0) is 50.2 Å². The zero-order valence-electron chi connectivity index (χ0n) is 13.4. The molecule has 2 amide bonds. The Morgan fingerprint density at radius 2 is 1.95 bits per heavy atom. The molecular weight excluding hydrogens is 296 g/mol. The highest BCUT2D eigenvalue weighted by atomic mass is 32.1. The number of aryl methyl sites for hydroxylation is 1. The minimum absolute atomic E-state index is 0.0679. The molecule has 4 nitrogen and oxygen atoms in total. The van der Waals surface area contributed by atoms with Crippen LogP contribution in [0.2, 0.25) is 0 Å². The molecule has 0 N–H and O–H groups in total. The molecule has 1 saturated heterocycles. The van der Waals surface area contributed by atoms with Gasteiger partial charge in [0.2, 0.25) is 5.91 Å². The quantitative estimate of drug-likeness (QED) is 0.840. The van der Waals surface area contributed by atoms with Crippen molar-refractivity contribution in [3.8, 4) is 0 Å². The molecular formula is C17H24N2O2S. The smallest absolute Gasteiger partial charge is 0.263 e. The summed E-state index contributed by atoms with van der Waals surface area (Å²) in [6, 6.07) is 2.01. The molecule has 1 aliphatic heterocycles. The van der Waals surface area contributed by atoms with E-state index in [1.54, 1.807) is 30.3 Å². The first-order chi connectivity index (χ1) is 10.6. The third kappa shape index (κ3) is 3.05. The Morgan fingerprint density at radius 3 is 2.64 bits per heavy atom. The standard InChI is InChI=1S/C17H24N2O2S/c1-18(2)17(21)15-11-13-10-12(6-7-14(13)22-15)16(20)19-8-4-3-5-9-19/h11-12H,3-10H2,1-2H3.